The molecule has 68 valence electrons. The summed E-state index contributed by atoms with van der Waals surface area (Å²) in [6.45, 7) is 4.01. The monoisotopic (exact) mass is 171 g/mol. The summed E-state index contributed by atoms with van der Waals surface area (Å²) >= 11 is 0. The molecule has 1 aliphatic rings. The number of carbonyl (C=O) groups excluding carboxylic acids is 2. The quantitative estimate of drug-likeness (QED) is 0.598. The molecule has 4 nitrogen and oxygen atoms in total. The van der Waals surface area contributed by atoms with Crippen LogP contribution in [0.25, 0.3) is 0 Å². The van der Waals surface area contributed by atoms with Crippen LogP contribution in [-0.2, 0) is 14.3 Å². The summed E-state index contributed by atoms with van der Waals surface area (Å²) in [6.07, 6.45) is 0.166. The molecule has 0 aromatic carbocycles. The van der Waals surface area contributed by atoms with E-state index in [1.807, 2.05) is 0 Å². The lowest BCUT2D eigenvalue weighted by atomic mass is 10.1. The standard InChI is InChI=1S/C8H13NO3/c1-5(2)12-8(11)6-3-7(10)9-4-6/h5-6H,3-4H2,1-2H3,(H,9,10)/t6-/m0/s1. The topological polar surface area (TPSA) is 55.4 Å². The number of carbonyl (C=O) groups is 2. The molecule has 1 amide bonds. The normalized spacial score (nSPS) is 22.6. The average molecular weight is 171 g/mol. The molecule has 1 fully saturated rings. The second-order valence-corrected chi connectivity index (χ2v) is 3.19. The molecule has 1 heterocycles. The summed E-state index contributed by atoms with van der Waals surface area (Å²) in [5.41, 5.74) is 0. The smallest absolute Gasteiger partial charge is 0.311 e. The Balaban J connectivity index is 2.38. The zero-order valence-electron chi connectivity index (χ0n) is 7.29. The Labute approximate surface area is 71.3 Å². The van der Waals surface area contributed by atoms with Crippen LogP contribution in [0.5, 0.6) is 0 Å². The minimum Gasteiger partial charge on any atom is -0.463 e. The number of nitrogens with one attached hydrogen (secondary N) is 1. The molecule has 4 heteroatoms. The summed E-state index contributed by atoms with van der Waals surface area (Å²) in [5.74, 6) is -0.621. The number of amides is 1. The van der Waals surface area contributed by atoms with Gasteiger partial charge in [-0.1, -0.05) is 0 Å². The molecule has 0 aromatic heterocycles. The van der Waals surface area contributed by atoms with E-state index in [9.17, 15) is 9.59 Å². The minimum absolute atomic E-state index is 0.0688. The maximum atomic E-state index is 11.2. The van der Waals surface area contributed by atoms with Crippen molar-refractivity contribution in [3.8, 4) is 0 Å². The molecule has 1 rings (SSSR count). The lowest BCUT2D eigenvalue weighted by Gasteiger charge is -2.10. The predicted octanol–water partition coefficient (Wildman–Crippen LogP) is 0.0741. The molecule has 0 spiro atoms. The van der Waals surface area contributed by atoms with Gasteiger partial charge in [0.1, 0.15) is 0 Å². The van der Waals surface area contributed by atoms with Crippen molar-refractivity contribution >= 4 is 11.9 Å². The van der Waals surface area contributed by atoms with Crippen molar-refractivity contribution in [3.05, 3.63) is 0 Å². The van der Waals surface area contributed by atoms with E-state index in [-0.39, 0.29) is 30.3 Å². The number of hydrogen-bond acceptors (Lipinski definition) is 3. The van der Waals surface area contributed by atoms with Crippen LogP contribution >= 0.6 is 0 Å². The molecule has 0 aliphatic carbocycles. The molecular formula is C8H13NO3. The zero-order chi connectivity index (χ0) is 9.14. The molecule has 0 saturated carbocycles. The van der Waals surface area contributed by atoms with Crippen LogP contribution in [-0.4, -0.2) is 24.5 Å². The van der Waals surface area contributed by atoms with Crippen molar-refractivity contribution in [2.45, 2.75) is 26.4 Å². The van der Waals surface area contributed by atoms with Crippen molar-refractivity contribution < 1.29 is 14.3 Å². The van der Waals surface area contributed by atoms with Gasteiger partial charge >= 0.3 is 5.97 Å². The summed E-state index contributed by atoms with van der Waals surface area (Å²) in [7, 11) is 0. The molecule has 1 saturated heterocycles. The lowest BCUT2D eigenvalue weighted by molar-refractivity contribution is -0.152. The van der Waals surface area contributed by atoms with Crippen molar-refractivity contribution in [1.29, 1.82) is 0 Å². The van der Waals surface area contributed by atoms with E-state index in [4.69, 9.17) is 4.74 Å². The van der Waals surface area contributed by atoms with Crippen LogP contribution in [0.3, 0.4) is 0 Å². The Bertz CT molecular complexity index is 200. The fourth-order valence-corrected chi connectivity index (χ4v) is 1.10. The Hall–Kier alpha value is -1.06. The van der Waals surface area contributed by atoms with Gasteiger partial charge in [-0.25, -0.2) is 0 Å². The second kappa shape index (κ2) is 3.56. The van der Waals surface area contributed by atoms with Gasteiger partial charge in [-0.2, -0.15) is 0 Å². The Morgan fingerprint density at radius 3 is 2.75 bits per heavy atom. The maximum absolute atomic E-state index is 11.2. The highest BCUT2D eigenvalue weighted by Crippen LogP contribution is 2.11. The predicted molar refractivity (Wildman–Crippen MR) is 42.3 cm³/mol. The van der Waals surface area contributed by atoms with Gasteiger partial charge in [0.05, 0.1) is 12.0 Å². The van der Waals surface area contributed by atoms with E-state index in [2.05, 4.69) is 5.32 Å². The average Bonchev–Trinajstić information content (AvgIpc) is 2.34. The van der Waals surface area contributed by atoms with Crippen molar-refractivity contribution in [3.63, 3.8) is 0 Å². The highest BCUT2D eigenvalue weighted by molar-refractivity contribution is 5.86. The van der Waals surface area contributed by atoms with E-state index in [0.717, 1.165) is 0 Å². The number of esters is 1. The van der Waals surface area contributed by atoms with E-state index >= 15 is 0 Å². The second-order valence-electron chi connectivity index (χ2n) is 3.19. The molecule has 0 unspecified atom stereocenters. The first-order chi connectivity index (χ1) is 5.59. The minimum atomic E-state index is -0.278. The van der Waals surface area contributed by atoms with E-state index in [1.165, 1.54) is 0 Å². The van der Waals surface area contributed by atoms with Gasteiger partial charge in [0.2, 0.25) is 5.91 Å². The number of rotatable bonds is 2. The highest BCUT2D eigenvalue weighted by atomic mass is 16.5. The van der Waals surface area contributed by atoms with Crippen LogP contribution in [0.15, 0.2) is 0 Å². The lowest BCUT2D eigenvalue weighted by Crippen LogP contribution is -2.23. The first-order valence-electron chi connectivity index (χ1n) is 4.07. The van der Waals surface area contributed by atoms with Gasteiger partial charge < -0.3 is 10.1 Å². The molecule has 0 bridgehead atoms. The van der Waals surface area contributed by atoms with Crippen molar-refractivity contribution in [1.82, 2.24) is 5.32 Å². The van der Waals surface area contributed by atoms with Gasteiger partial charge in [0, 0.05) is 13.0 Å². The molecule has 1 aliphatic heterocycles. The first kappa shape index (κ1) is 9.03. The largest absolute Gasteiger partial charge is 0.463 e. The van der Waals surface area contributed by atoms with E-state index in [0.29, 0.717) is 6.54 Å². The Morgan fingerprint density at radius 2 is 2.33 bits per heavy atom. The van der Waals surface area contributed by atoms with Crippen LogP contribution in [0, 0.1) is 5.92 Å². The molecule has 0 aromatic rings. The van der Waals surface area contributed by atoms with Gasteiger partial charge in [-0.05, 0) is 13.8 Å². The Morgan fingerprint density at radius 1 is 1.67 bits per heavy atom. The molecule has 0 radical (unpaired) electrons. The fraction of sp³-hybridized carbons (Fsp3) is 0.750. The molecular weight excluding hydrogens is 158 g/mol. The molecule has 1 atom stereocenters. The first-order valence-corrected chi connectivity index (χ1v) is 4.07. The van der Waals surface area contributed by atoms with Gasteiger partial charge in [-0.3, -0.25) is 9.59 Å². The van der Waals surface area contributed by atoms with Crippen molar-refractivity contribution in [2.75, 3.05) is 6.54 Å². The fourth-order valence-electron chi connectivity index (χ4n) is 1.10. The summed E-state index contributed by atoms with van der Waals surface area (Å²) in [6, 6.07) is 0. The van der Waals surface area contributed by atoms with Crippen LogP contribution in [0.1, 0.15) is 20.3 Å². The Kier molecular flexibility index (Phi) is 2.68. The zero-order valence-corrected chi connectivity index (χ0v) is 7.29. The molecule has 12 heavy (non-hydrogen) atoms. The van der Waals surface area contributed by atoms with E-state index in [1.54, 1.807) is 13.8 Å². The third-order valence-corrected chi connectivity index (χ3v) is 1.66. The maximum Gasteiger partial charge on any atom is 0.311 e. The molecule has 1 N–H and O–H groups in total. The van der Waals surface area contributed by atoms with Crippen LogP contribution < -0.4 is 5.32 Å². The van der Waals surface area contributed by atoms with Crippen LogP contribution in [0.4, 0.5) is 0 Å². The summed E-state index contributed by atoms with van der Waals surface area (Å²) < 4.78 is 4.95. The SMILES string of the molecule is CC(C)OC(=O)[C@@H]1CNC(=O)C1. The third kappa shape index (κ3) is 2.22. The summed E-state index contributed by atoms with van der Waals surface area (Å²) in [4.78, 5) is 21.9. The van der Waals surface area contributed by atoms with Crippen molar-refractivity contribution in [2.24, 2.45) is 5.92 Å². The van der Waals surface area contributed by atoms with Gasteiger partial charge in [-0.15, -0.1) is 0 Å². The van der Waals surface area contributed by atoms with Gasteiger partial charge in [0.25, 0.3) is 0 Å². The highest BCUT2D eigenvalue weighted by Gasteiger charge is 2.29. The van der Waals surface area contributed by atoms with Crippen LogP contribution in [0.2, 0.25) is 0 Å². The third-order valence-electron chi connectivity index (χ3n) is 1.66. The number of hydrogen-bond donors (Lipinski definition) is 1. The van der Waals surface area contributed by atoms with Gasteiger partial charge in [0.15, 0.2) is 0 Å². The number of ether oxygens (including phenoxy) is 1. The summed E-state index contributed by atoms with van der Waals surface area (Å²) in [5, 5.41) is 2.58. The van der Waals surface area contributed by atoms with E-state index < -0.39 is 0 Å².